The van der Waals surface area contributed by atoms with Crippen molar-refractivity contribution in [2.75, 3.05) is 13.2 Å². The van der Waals surface area contributed by atoms with Crippen molar-refractivity contribution in [3.8, 4) is 5.75 Å². The van der Waals surface area contributed by atoms with Crippen molar-refractivity contribution in [3.63, 3.8) is 0 Å². The zero-order valence-corrected chi connectivity index (χ0v) is 13.4. The van der Waals surface area contributed by atoms with Crippen LogP contribution in [-0.2, 0) is 6.54 Å². The third-order valence-electron chi connectivity index (χ3n) is 2.69. The fraction of sp³-hybridized carbons (Fsp3) is 0.600. The Labute approximate surface area is 119 Å². The van der Waals surface area contributed by atoms with Crippen LogP contribution < -0.4 is 10.1 Å². The summed E-state index contributed by atoms with van der Waals surface area (Å²) >= 11 is 3.57. The van der Waals surface area contributed by atoms with Crippen LogP contribution in [-0.4, -0.2) is 13.2 Å². The van der Waals surface area contributed by atoms with Crippen molar-refractivity contribution in [2.45, 2.75) is 40.7 Å². The first kappa shape index (κ1) is 15.5. The van der Waals surface area contributed by atoms with Gasteiger partial charge in [-0.05, 0) is 52.0 Å². The van der Waals surface area contributed by atoms with Crippen LogP contribution in [0.4, 0.5) is 0 Å². The Morgan fingerprint density at radius 2 is 2.00 bits per heavy atom. The Kier molecular flexibility index (Phi) is 6.16. The van der Waals surface area contributed by atoms with Gasteiger partial charge in [-0.25, -0.2) is 0 Å². The van der Waals surface area contributed by atoms with Crippen LogP contribution >= 0.6 is 15.9 Å². The van der Waals surface area contributed by atoms with E-state index >= 15 is 0 Å². The first-order chi connectivity index (χ1) is 8.42. The number of hydrogen-bond donors (Lipinski definition) is 1. The average Bonchev–Trinajstić information content (AvgIpc) is 2.27. The molecule has 3 heteroatoms. The molecule has 0 aliphatic carbocycles. The number of ether oxygens (including phenoxy) is 1. The molecular formula is C15H24BrNO. The molecule has 1 aromatic rings. The van der Waals surface area contributed by atoms with E-state index in [1.165, 1.54) is 5.56 Å². The van der Waals surface area contributed by atoms with Crippen LogP contribution in [0.5, 0.6) is 5.75 Å². The molecule has 2 nitrogen and oxygen atoms in total. The van der Waals surface area contributed by atoms with E-state index in [0.717, 1.165) is 36.3 Å². The van der Waals surface area contributed by atoms with Gasteiger partial charge in [0.2, 0.25) is 0 Å². The first-order valence-electron chi connectivity index (χ1n) is 6.54. The fourth-order valence-electron chi connectivity index (χ4n) is 1.51. The van der Waals surface area contributed by atoms with Crippen molar-refractivity contribution in [2.24, 2.45) is 5.41 Å². The van der Waals surface area contributed by atoms with Crippen molar-refractivity contribution in [1.82, 2.24) is 5.32 Å². The highest BCUT2D eigenvalue weighted by atomic mass is 79.9. The molecule has 0 saturated heterocycles. The third kappa shape index (κ3) is 5.87. The standard InChI is InChI=1S/C15H24BrNO/c1-5-17-11-12-6-7-14(13(16)10-12)18-9-8-15(2,3)4/h6-7,10,17H,5,8-9,11H2,1-4H3. The molecule has 0 spiro atoms. The predicted octanol–water partition coefficient (Wildman–Crippen LogP) is 4.37. The molecule has 0 unspecified atom stereocenters. The minimum absolute atomic E-state index is 0.317. The zero-order valence-electron chi connectivity index (χ0n) is 11.8. The van der Waals surface area contributed by atoms with Gasteiger partial charge in [0.15, 0.2) is 0 Å². The lowest BCUT2D eigenvalue weighted by molar-refractivity contribution is 0.242. The molecule has 0 aliphatic heterocycles. The largest absolute Gasteiger partial charge is 0.492 e. The minimum Gasteiger partial charge on any atom is -0.492 e. The minimum atomic E-state index is 0.317. The lowest BCUT2D eigenvalue weighted by Crippen LogP contribution is -2.12. The maximum Gasteiger partial charge on any atom is 0.133 e. The second-order valence-electron chi connectivity index (χ2n) is 5.70. The van der Waals surface area contributed by atoms with Crippen molar-refractivity contribution < 1.29 is 4.74 Å². The van der Waals surface area contributed by atoms with Crippen LogP contribution in [0.25, 0.3) is 0 Å². The van der Waals surface area contributed by atoms with Gasteiger partial charge in [-0.3, -0.25) is 0 Å². The van der Waals surface area contributed by atoms with Gasteiger partial charge < -0.3 is 10.1 Å². The highest BCUT2D eigenvalue weighted by Gasteiger charge is 2.10. The normalized spacial score (nSPS) is 11.6. The van der Waals surface area contributed by atoms with Crippen LogP contribution in [0.2, 0.25) is 0 Å². The molecule has 0 amide bonds. The Morgan fingerprint density at radius 3 is 2.56 bits per heavy atom. The summed E-state index contributed by atoms with van der Waals surface area (Å²) in [6.45, 7) is 11.4. The van der Waals surface area contributed by atoms with E-state index in [1.807, 2.05) is 6.07 Å². The number of halogens is 1. The lowest BCUT2D eigenvalue weighted by atomic mass is 9.93. The summed E-state index contributed by atoms with van der Waals surface area (Å²) in [5.41, 5.74) is 1.59. The molecule has 0 atom stereocenters. The van der Waals surface area contributed by atoms with Gasteiger partial charge in [-0.2, -0.15) is 0 Å². The van der Waals surface area contributed by atoms with Gasteiger partial charge in [-0.1, -0.05) is 33.8 Å². The van der Waals surface area contributed by atoms with E-state index in [2.05, 4.69) is 61.1 Å². The maximum absolute atomic E-state index is 5.80. The van der Waals surface area contributed by atoms with E-state index in [4.69, 9.17) is 4.74 Å². The molecule has 18 heavy (non-hydrogen) atoms. The summed E-state index contributed by atoms with van der Waals surface area (Å²) in [4.78, 5) is 0. The Hall–Kier alpha value is -0.540. The average molecular weight is 314 g/mol. The molecule has 0 saturated carbocycles. The molecular weight excluding hydrogens is 290 g/mol. The number of nitrogens with one attached hydrogen (secondary N) is 1. The van der Waals surface area contributed by atoms with Crippen LogP contribution in [0, 0.1) is 5.41 Å². The topological polar surface area (TPSA) is 21.3 Å². The van der Waals surface area contributed by atoms with E-state index in [1.54, 1.807) is 0 Å². The molecule has 0 aromatic heterocycles. The summed E-state index contributed by atoms with van der Waals surface area (Å²) in [5.74, 6) is 0.930. The number of hydrogen-bond acceptors (Lipinski definition) is 2. The lowest BCUT2D eigenvalue weighted by Gasteiger charge is -2.18. The number of benzene rings is 1. The SMILES string of the molecule is CCNCc1ccc(OCCC(C)(C)C)c(Br)c1. The summed E-state index contributed by atoms with van der Waals surface area (Å²) in [6.07, 6.45) is 1.05. The molecule has 0 bridgehead atoms. The van der Waals surface area contributed by atoms with E-state index < -0.39 is 0 Å². The van der Waals surface area contributed by atoms with Crippen LogP contribution in [0.3, 0.4) is 0 Å². The summed E-state index contributed by atoms with van der Waals surface area (Å²) in [5, 5.41) is 3.31. The van der Waals surface area contributed by atoms with Crippen molar-refractivity contribution in [3.05, 3.63) is 28.2 Å². The van der Waals surface area contributed by atoms with Crippen LogP contribution in [0.15, 0.2) is 22.7 Å². The molecule has 0 radical (unpaired) electrons. The van der Waals surface area contributed by atoms with Crippen LogP contribution in [0.1, 0.15) is 39.7 Å². The smallest absolute Gasteiger partial charge is 0.133 e. The highest BCUT2D eigenvalue weighted by molar-refractivity contribution is 9.10. The van der Waals surface area contributed by atoms with Gasteiger partial charge in [0.25, 0.3) is 0 Å². The van der Waals surface area contributed by atoms with Crippen molar-refractivity contribution >= 4 is 15.9 Å². The van der Waals surface area contributed by atoms with E-state index in [-0.39, 0.29) is 0 Å². The van der Waals surface area contributed by atoms with E-state index in [0.29, 0.717) is 5.41 Å². The van der Waals surface area contributed by atoms with Gasteiger partial charge in [0, 0.05) is 6.54 Å². The summed E-state index contributed by atoms with van der Waals surface area (Å²) < 4.78 is 6.84. The van der Waals surface area contributed by atoms with Gasteiger partial charge in [0.05, 0.1) is 11.1 Å². The molecule has 1 rings (SSSR count). The second-order valence-corrected chi connectivity index (χ2v) is 6.56. The molecule has 1 aromatic carbocycles. The molecule has 102 valence electrons. The van der Waals surface area contributed by atoms with Gasteiger partial charge >= 0.3 is 0 Å². The maximum atomic E-state index is 5.80. The highest BCUT2D eigenvalue weighted by Crippen LogP contribution is 2.27. The number of rotatable bonds is 6. The van der Waals surface area contributed by atoms with Gasteiger partial charge in [-0.15, -0.1) is 0 Å². The van der Waals surface area contributed by atoms with Crippen molar-refractivity contribution in [1.29, 1.82) is 0 Å². The molecule has 1 N–H and O–H groups in total. The first-order valence-corrected chi connectivity index (χ1v) is 7.33. The predicted molar refractivity (Wildman–Crippen MR) is 81.1 cm³/mol. The molecule has 0 fully saturated rings. The quantitative estimate of drug-likeness (QED) is 0.841. The Balaban J connectivity index is 2.52. The molecule has 0 aliphatic rings. The second kappa shape index (κ2) is 7.15. The fourth-order valence-corrected chi connectivity index (χ4v) is 2.05. The third-order valence-corrected chi connectivity index (χ3v) is 3.30. The molecule has 0 heterocycles. The van der Waals surface area contributed by atoms with Gasteiger partial charge in [0.1, 0.15) is 5.75 Å². The summed E-state index contributed by atoms with van der Waals surface area (Å²) in [7, 11) is 0. The van der Waals surface area contributed by atoms with E-state index in [9.17, 15) is 0 Å². The zero-order chi connectivity index (χ0) is 13.6. The monoisotopic (exact) mass is 313 g/mol. The Morgan fingerprint density at radius 1 is 1.28 bits per heavy atom. The summed E-state index contributed by atoms with van der Waals surface area (Å²) in [6, 6.07) is 6.27. The Bertz CT molecular complexity index is 371.